The molecule has 0 saturated carbocycles. The van der Waals surface area contributed by atoms with E-state index in [0.717, 1.165) is 0 Å². The first-order valence-corrected chi connectivity index (χ1v) is 4.49. The van der Waals surface area contributed by atoms with Gasteiger partial charge in [0.05, 0.1) is 0 Å². The van der Waals surface area contributed by atoms with Crippen molar-refractivity contribution in [3.8, 4) is 0 Å². The molecule has 1 rings (SSSR count). The smallest absolute Gasteiger partial charge is 0.174 e. The third-order valence-electron chi connectivity index (χ3n) is 1.95. The Labute approximate surface area is 74.4 Å². The van der Waals surface area contributed by atoms with E-state index in [-0.39, 0.29) is 0 Å². The zero-order valence-electron chi connectivity index (χ0n) is 7.66. The average molecular weight is 162 g/mol. The molecule has 1 aromatic rings. The van der Waals surface area contributed by atoms with E-state index >= 15 is 0 Å². The SMILES string of the molecule is C=C[n+]1ccc(CCCC)cc1. The summed E-state index contributed by atoms with van der Waals surface area (Å²) in [5.41, 5.74) is 1.41. The maximum atomic E-state index is 3.69. The number of aryl methyl sites for hydroxylation is 1. The number of aromatic nitrogens is 1. The van der Waals surface area contributed by atoms with Crippen LogP contribution in [0, 0.1) is 0 Å². The molecular formula is C11H16N+. The minimum absolute atomic E-state index is 1.19. The molecule has 0 radical (unpaired) electrons. The predicted octanol–water partition coefficient (Wildman–Crippen LogP) is 2.42. The Bertz CT molecular complexity index is 236. The monoisotopic (exact) mass is 162 g/mol. The number of rotatable bonds is 4. The van der Waals surface area contributed by atoms with Gasteiger partial charge < -0.3 is 0 Å². The van der Waals surface area contributed by atoms with Crippen molar-refractivity contribution >= 4 is 6.20 Å². The molecule has 0 N–H and O–H groups in total. The Hall–Kier alpha value is -1.11. The molecule has 0 aliphatic heterocycles. The van der Waals surface area contributed by atoms with Gasteiger partial charge in [0.15, 0.2) is 18.6 Å². The summed E-state index contributed by atoms with van der Waals surface area (Å²) in [6.07, 6.45) is 9.60. The van der Waals surface area contributed by atoms with E-state index < -0.39 is 0 Å². The molecule has 0 saturated heterocycles. The highest BCUT2D eigenvalue weighted by Gasteiger charge is 1.95. The molecule has 1 heterocycles. The van der Waals surface area contributed by atoms with Crippen molar-refractivity contribution in [2.75, 3.05) is 0 Å². The molecule has 0 amide bonds. The first kappa shape index (κ1) is 8.98. The summed E-state index contributed by atoms with van der Waals surface area (Å²) < 4.78 is 1.95. The second kappa shape index (κ2) is 4.70. The van der Waals surface area contributed by atoms with Crippen molar-refractivity contribution in [2.24, 2.45) is 0 Å². The van der Waals surface area contributed by atoms with Gasteiger partial charge in [-0.2, -0.15) is 4.57 Å². The standard InChI is InChI=1S/C11H16N/c1-3-5-6-11-7-9-12(4-2)10-8-11/h4,7-10H,2-3,5-6H2,1H3/q+1. The Balaban J connectivity index is 2.58. The molecule has 1 aromatic heterocycles. The van der Waals surface area contributed by atoms with Crippen molar-refractivity contribution in [3.05, 3.63) is 36.7 Å². The molecule has 12 heavy (non-hydrogen) atoms. The minimum Gasteiger partial charge on any atom is -0.174 e. The van der Waals surface area contributed by atoms with Gasteiger partial charge in [-0.1, -0.05) is 13.3 Å². The molecule has 0 aromatic carbocycles. The molecule has 0 fully saturated rings. The van der Waals surface area contributed by atoms with Crippen molar-refractivity contribution in [1.29, 1.82) is 0 Å². The predicted molar refractivity (Wildman–Crippen MR) is 51.6 cm³/mol. The van der Waals surface area contributed by atoms with Gasteiger partial charge in [-0.3, -0.25) is 0 Å². The Kier molecular flexibility index (Phi) is 3.52. The van der Waals surface area contributed by atoms with Gasteiger partial charge in [0.2, 0.25) is 0 Å². The van der Waals surface area contributed by atoms with Crippen LogP contribution in [-0.2, 0) is 6.42 Å². The van der Waals surface area contributed by atoms with Crippen LogP contribution in [0.1, 0.15) is 25.3 Å². The minimum atomic E-state index is 1.19. The molecular weight excluding hydrogens is 146 g/mol. The van der Waals surface area contributed by atoms with E-state index in [1.54, 1.807) is 6.20 Å². The van der Waals surface area contributed by atoms with E-state index in [9.17, 15) is 0 Å². The molecule has 0 unspecified atom stereocenters. The van der Waals surface area contributed by atoms with E-state index in [4.69, 9.17) is 0 Å². The lowest BCUT2D eigenvalue weighted by atomic mass is 10.1. The van der Waals surface area contributed by atoms with Gasteiger partial charge in [0.25, 0.3) is 0 Å². The van der Waals surface area contributed by atoms with Crippen LogP contribution in [0.4, 0.5) is 0 Å². The van der Waals surface area contributed by atoms with Gasteiger partial charge >= 0.3 is 0 Å². The van der Waals surface area contributed by atoms with Crippen molar-refractivity contribution in [3.63, 3.8) is 0 Å². The number of unbranched alkanes of at least 4 members (excludes halogenated alkanes) is 1. The fourth-order valence-corrected chi connectivity index (χ4v) is 1.14. The summed E-state index contributed by atoms with van der Waals surface area (Å²) in [6.45, 7) is 5.90. The lowest BCUT2D eigenvalue weighted by Crippen LogP contribution is -2.23. The van der Waals surface area contributed by atoms with Gasteiger partial charge in [-0.05, 0) is 25.0 Å². The maximum Gasteiger partial charge on any atom is 0.174 e. The lowest BCUT2D eigenvalue weighted by Gasteiger charge is -1.96. The fraction of sp³-hybridized carbons (Fsp3) is 0.364. The van der Waals surface area contributed by atoms with Crippen LogP contribution < -0.4 is 4.57 Å². The summed E-state index contributed by atoms with van der Waals surface area (Å²) in [5, 5.41) is 0. The Morgan fingerprint density at radius 2 is 2.08 bits per heavy atom. The average Bonchev–Trinajstić information content (AvgIpc) is 2.15. The largest absolute Gasteiger partial charge is 0.174 e. The van der Waals surface area contributed by atoms with Gasteiger partial charge in [-0.15, -0.1) is 0 Å². The number of nitrogens with zero attached hydrogens (tertiary/aromatic N) is 1. The van der Waals surface area contributed by atoms with E-state index in [1.165, 1.54) is 24.8 Å². The molecule has 1 nitrogen and oxygen atoms in total. The van der Waals surface area contributed by atoms with Crippen LogP contribution in [0.15, 0.2) is 31.1 Å². The van der Waals surface area contributed by atoms with Gasteiger partial charge in [-0.25, -0.2) is 0 Å². The van der Waals surface area contributed by atoms with Crippen LogP contribution in [-0.4, -0.2) is 0 Å². The van der Waals surface area contributed by atoms with E-state index in [0.29, 0.717) is 0 Å². The molecule has 0 aliphatic rings. The van der Waals surface area contributed by atoms with E-state index in [1.807, 2.05) is 17.0 Å². The van der Waals surface area contributed by atoms with Crippen LogP contribution >= 0.6 is 0 Å². The summed E-state index contributed by atoms with van der Waals surface area (Å²) in [5.74, 6) is 0. The van der Waals surface area contributed by atoms with Gasteiger partial charge in [0, 0.05) is 12.1 Å². The second-order valence-electron chi connectivity index (χ2n) is 2.94. The highest BCUT2D eigenvalue weighted by atomic mass is 14.9. The topological polar surface area (TPSA) is 3.88 Å². The first-order chi connectivity index (χ1) is 5.86. The highest BCUT2D eigenvalue weighted by molar-refractivity contribution is 5.09. The van der Waals surface area contributed by atoms with Crippen LogP contribution in [0.25, 0.3) is 6.20 Å². The highest BCUT2D eigenvalue weighted by Crippen LogP contribution is 2.01. The number of pyridine rings is 1. The zero-order valence-corrected chi connectivity index (χ0v) is 7.66. The fourth-order valence-electron chi connectivity index (χ4n) is 1.14. The van der Waals surface area contributed by atoms with Gasteiger partial charge in [0.1, 0.15) is 0 Å². The molecule has 64 valence electrons. The number of hydrogen-bond donors (Lipinski definition) is 0. The van der Waals surface area contributed by atoms with Crippen molar-refractivity contribution in [2.45, 2.75) is 26.2 Å². The van der Waals surface area contributed by atoms with Crippen LogP contribution in [0.3, 0.4) is 0 Å². The quantitative estimate of drug-likeness (QED) is 0.599. The van der Waals surface area contributed by atoms with Crippen molar-refractivity contribution in [1.82, 2.24) is 0 Å². The molecule has 0 atom stereocenters. The van der Waals surface area contributed by atoms with Crippen LogP contribution in [0.5, 0.6) is 0 Å². The molecule has 0 aliphatic carbocycles. The second-order valence-corrected chi connectivity index (χ2v) is 2.94. The Morgan fingerprint density at radius 1 is 1.42 bits per heavy atom. The first-order valence-electron chi connectivity index (χ1n) is 4.49. The Morgan fingerprint density at radius 3 is 2.58 bits per heavy atom. The zero-order chi connectivity index (χ0) is 8.81. The van der Waals surface area contributed by atoms with E-state index in [2.05, 4.69) is 25.6 Å². The third-order valence-corrected chi connectivity index (χ3v) is 1.95. The van der Waals surface area contributed by atoms with Crippen molar-refractivity contribution < 1.29 is 4.57 Å². The summed E-state index contributed by atoms with van der Waals surface area (Å²) in [4.78, 5) is 0. The third kappa shape index (κ3) is 2.50. The van der Waals surface area contributed by atoms with Crippen LogP contribution in [0.2, 0.25) is 0 Å². The molecule has 0 spiro atoms. The molecule has 0 bridgehead atoms. The normalized spacial score (nSPS) is 9.75. The lowest BCUT2D eigenvalue weighted by molar-refractivity contribution is -0.568. The summed E-state index contributed by atoms with van der Waals surface area (Å²) in [6, 6.07) is 4.30. The molecule has 1 heteroatoms. The summed E-state index contributed by atoms with van der Waals surface area (Å²) in [7, 11) is 0. The number of hydrogen-bond acceptors (Lipinski definition) is 0. The summed E-state index contributed by atoms with van der Waals surface area (Å²) >= 11 is 0. The maximum absolute atomic E-state index is 3.69.